The summed E-state index contributed by atoms with van der Waals surface area (Å²) in [5.41, 5.74) is -0.144. The molecule has 1 saturated carbocycles. The van der Waals surface area contributed by atoms with Gasteiger partial charge in [0.1, 0.15) is 5.60 Å². The minimum Gasteiger partial charge on any atom is -0.493 e. The van der Waals surface area contributed by atoms with Crippen molar-refractivity contribution in [1.29, 1.82) is 0 Å². The van der Waals surface area contributed by atoms with E-state index in [9.17, 15) is 14.4 Å². The fourth-order valence-electron chi connectivity index (χ4n) is 5.77. The van der Waals surface area contributed by atoms with Crippen LogP contribution in [0.25, 0.3) is 0 Å². The van der Waals surface area contributed by atoms with Crippen LogP contribution in [0, 0.1) is 5.92 Å². The topological polar surface area (TPSA) is 119 Å². The molecule has 1 aliphatic carbocycles. The predicted octanol–water partition coefficient (Wildman–Crippen LogP) is 4.24. The van der Waals surface area contributed by atoms with E-state index in [-0.39, 0.29) is 42.4 Å². The molecular formula is C33H54N4O7. The van der Waals surface area contributed by atoms with Crippen molar-refractivity contribution < 1.29 is 33.3 Å². The molecule has 2 N–H and O–H groups in total. The molecule has 0 bridgehead atoms. The molecule has 2 fully saturated rings. The van der Waals surface area contributed by atoms with Gasteiger partial charge in [-0.1, -0.05) is 19.3 Å². The molecule has 1 saturated heterocycles. The molecule has 1 aromatic rings. The van der Waals surface area contributed by atoms with Gasteiger partial charge >= 0.3 is 6.09 Å². The maximum atomic E-state index is 13.9. The third kappa shape index (κ3) is 10.8. The lowest BCUT2D eigenvalue weighted by atomic mass is 9.95. The molecule has 44 heavy (non-hydrogen) atoms. The van der Waals surface area contributed by atoms with E-state index in [0.29, 0.717) is 56.3 Å². The zero-order chi connectivity index (χ0) is 32.3. The van der Waals surface area contributed by atoms with E-state index in [1.165, 1.54) is 6.42 Å². The lowest BCUT2D eigenvalue weighted by Gasteiger charge is -2.32. The Balaban J connectivity index is 1.75. The largest absolute Gasteiger partial charge is 0.493 e. The first kappa shape index (κ1) is 35.4. The van der Waals surface area contributed by atoms with Gasteiger partial charge in [-0.25, -0.2) is 4.79 Å². The Labute approximate surface area is 263 Å². The van der Waals surface area contributed by atoms with Gasteiger partial charge in [0.05, 0.1) is 20.3 Å². The minimum atomic E-state index is -0.629. The number of rotatable bonds is 14. The Hall–Kier alpha value is -3.05. The van der Waals surface area contributed by atoms with Crippen molar-refractivity contribution in [2.45, 2.75) is 96.9 Å². The molecule has 0 aromatic heterocycles. The number of carbonyl (C=O) groups excluding carboxylic acids is 3. The molecule has 2 aliphatic rings. The van der Waals surface area contributed by atoms with Gasteiger partial charge in [-0.3, -0.25) is 9.59 Å². The molecular weight excluding hydrogens is 564 g/mol. The molecule has 11 nitrogen and oxygen atoms in total. The van der Waals surface area contributed by atoms with Gasteiger partial charge in [0.15, 0.2) is 11.5 Å². The molecule has 1 aliphatic heterocycles. The standard InChI is InChI=1S/C33H54N4O7/c1-23(2)37(31(39)24-14-15-28(42-7)29(18-24)43-17-11-16-41-6)21-25-20-36(32(40)44-33(3,4)5)22-27(25)34-19-30(38)35-26-12-9-8-10-13-26/h14-15,18,23,25-27,34H,8-13,16-17,19-22H2,1-7H3,(H,35,38)/t25-,27+/m0/s1. The highest BCUT2D eigenvalue weighted by Crippen LogP contribution is 2.30. The number of hydrogen-bond acceptors (Lipinski definition) is 8. The van der Waals surface area contributed by atoms with E-state index in [1.807, 2.05) is 39.5 Å². The number of carbonyl (C=O) groups is 3. The smallest absolute Gasteiger partial charge is 0.410 e. The first-order chi connectivity index (χ1) is 20.9. The van der Waals surface area contributed by atoms with E-state index in [1.54, 1.807) is 37.3 Å². The van der Waals surface area contributed by atoms with E-state index >= 15 is 0 Å². The highest BCUT2D eigenvalue weighted by atomic mass is 16.6. The molecule has 2 atom stereocenters. The van der Waals surface area contributed by atoms with Crippen LogP contribution in [-0.4, -0.2) is 105 Å². The van der Waals surface area contributed by atoms with Crippen molar-refractivity contribution in [2.75, 3.05) is 53.6 Å². The summed E-state index contributed by atoms with van der Waals surface area (Å²) in [6, 6.07) is 5.13. The van der Waals surface area contributed by atoms with Gasteiger partial charge in [-0.15, -0.1) is 0 Å². The normalized spacial score (nSPS) is 19.1. The number of nitrogens with zero attached hydrogens (tertiary/aromatic N) is 2. The van der Waals surface area contributed by atoms with Crippen molar-refractivity contribution in [3.8, 4) is 11.5 Å². The summed E-state index contributed by atoms with van der Waals surface area (Å²) in [6.45, 7) is 11.8. The number of likely N-dealkylation sites (tertiary alicyclic amines) is 1. The second-order valence-corrected chi connectivity index (χ2v) is 13.1. The third-order valence-corrected chi connectivity index (χ3v) is 8.06. The number of nitrogens with one attached hydrogen (secondary N) is 2. The second kappa shape index (κ2) is 16.9. The van der Waals surface area contributed by atoms with Crippen LogP contribution in [0.15, 0.2) is 18.2 Å². The average molecular weight is 619 g/mol. The second-order valence-electron chi connectivity index (χ2n) is 13.1. The lowest BCUT2D eigenvalue weighted by Crippen LogP contribution is -2.49. The first-order valence-corrected chi connectivity index (χ1v) is 16.0. The van der Waals surface area contributed by atoms with E-state index < -0.39 is 11.7 Å². The molecule has 0 spiro atoms. The summed E-state index contributed by atoms with van der Waals surface area (Å²) in [5.74, 6) is 0.751. The summed E-state index contributed by atoms with van der Waals surface area (Å²) in [6.07, 6.45) is 5.84. The van der Waals surface area contributed by atoms with Crippen molar-refractivity contribution in [3.05, 3.63) is 23.8 Å². The SMILES string of the molecule is COCCCOc1cc(C(=O)N(C[C@@H]2CN(C(=O)OC(C)(C)C)C[C@H]2NCC(=O)NC2CCCCC2)C(C)C)ccc1OC. The van der Waals surface area contributed by atoms with E-state index in [2.05, 4.69) is 10.6 Å². The Kier molecular flexibility index (Phi) is 13.6. The molecule has 3 amide bonds. The Morgan fingerprint density at radius 2 is 1.75 bits per heavy atom. The fraction of sp³-hybridized carbons (Fsp3) is 0.727. The van der Waals surface area contributed by atoms with Gasteiger partial charge < -0.3 is 39.4 Å². The van der Waals surface area contributed by atoms with E-state index in [4.69, 9.17) is 18.9 Å². The number of benzene rings is 1. The monoisotopic (exact) mass is 618 g/mol. The van der Waals surface area contributed by atoms with Crippen LogP contribution in [0.2, 0.25) is 0 Å². The summed E-state index contributed by atoms with van der Waals surface area (Å²) < 4.78 is 22.1. The van der Waals surface area contributed by atoms with Gasteiger partial charge in [-0.05, 0) is 65.7 Å². The number of ether oxygens (including phenoxy) is 4. The zero-order valence-electron chi connectivity index (χ0n) is 27.8. The Bertz CT molecular complexity index is 1080. The van der Waals surface area contributed by atoms with Gasteiger partial charge in [0.25, 0.3) is 5.91 Å². The summed E-state index contributed by atoms with van der Waals surface area (Å²) in [5, 5.41) is 6.56. The van der Waals surface area contributed by atoms with Crippen molar-refractivity contribution in [3.63, 3.8) is 0 Å². The average Bonchev–Trinajstić information content (AvgIpc) is 3.39. The molecule has 0 radical (unpaired) electrons. The van der Waals surface area contributed by atoms with E-state index in [0.717, 1.165) is 25.7 Å². The third-order valence-electron chi connectivity index (χ3n) is 8.06. The molecule has 0 unspecified atom stereocenters. The fourth-order valence-corrected chi connectivity index (χ4v) is 5.77. The highest BCUT2D eigenvalue weighted by molar-refractivity contribution is 5.95. The van der Waals surface area contributed by atoms with Gasteiger partial charge in [-0.2, -0.15) is 0 Å². The van der Waals surface area contributed by atoms with Crippen LogP contribution >= 0.6 is 0 Å². The van der Waals surface area contributed by atoms with Crippen LogP contribution < -0.4 is 20.1 Å². The predicted molar refractivity (Wildman–Crippen MR) is 169 cm³/mol. The molecule has 1 aromatic carbocycles. The maximum absolute atomic E-state index is 13.9. The molecule has 3 rings (SSSR count). The summed E-state index contributed by atoms with van der Waals surface area (Å²) in [4.78, 5) is 43.3. The summed E-state index contributed by atoms with van der Waals surface area (Å²) >= 11 is 0. The van der Waals surface area contributed by atoms with Crippen LogP contribution in [0.4, 0.5) is 4.79 Å². The number of amides is 3. The Morgan fingerprint density at radius 1 is 1.02 bits per heavy atom. The van der Waals surface area contributed by atoms with Gasteiger partial charge in [0, 0.05) is 69.4 Å². The van der Waals surface area contributed by atoms with Crippen LogP contribution in [0.1, 0.15) is 83.5 Å². The first-order valence-electron chi connectivity index (χ1n) is 16.0. The van der Waals surface area contributed by atoms with Crippen molar-refractivity contribution in [1.82, 2.24) is 20.4 Å². The molecule has 11 heteroatoms. The van der Waals surface area contributed by atoms with Crippen LogP contribution in [0.5, 0.6) is 11.5 Å². The summed E-state index contributed by atoms with van der Waals surface area (Å²) in [7, 11) is 3.21. The quantitative estimate of drug-likeness (QED) is 0.298. The molecule has 248 valence electrons. The lowest BCUT2D eigenvalue weighted by molar-refractivity contribution is -0.121. The maximum Gasteiger partial charge on any atom is 0.410 e. The number of hydrogen-bond donors (Lipinski definition) is 2. The molecule has 1 heterocycles. The van der Waals surface area contributed by atoms with Crippen molar-refractivity contribution >= 4 is 17.9 Å². The Morgan fingerprint density at radius 3 is 2.39 bits per heavy atom. The highest BCUT2D eigenvalue weighted by Gasteiger charge is 2.39. The van der Waals surface area contributed by atoms with Crippen LogP contribution in [-0.2, 0) is 14.3 Å². The van der Waals surface area contributed by atoms with Crippen molar-refractivity contribution in [2.24, 2.45) is 5.92 Å². The minimum absolute atomic E-state index is 0.0422. The zero-order valence-corrected chi connectivity index (χ0v) is 27.8. The van der Waals surface area contributed by atoms with Gasteiger partial charge in [0.2, 0.25) is 5.91 Å². The van der Waals surface area contributed by atoms with Crippen LogP contribution in [0.3, 0.4) is 0 Å². The number of methoxy groups -OCH3 is 2.